The Labute approximate surface area is 189 Å². The normalized spacial score (nSPS) is 16.1. The lowest BCUT2D eigenvalue weighted by molar-refractivity contribution is 0.360. The van der Waals surface area contributed by atoms with E-state index in [2.05, 4.69) is 76.7 Å². The number of rotatable bonds is 10. The van der Waals surface area contributed by atoms with Crippen molar-refractivity contribution in [1.82, 2.24) is 0 Å². The maximum atomic E-state index is 3.71. The molecule has 2 N–H and O–H groups in total. The highest BCUT2D eigenvalue weighted by molar-refractivity contribution is 5.89. The average Bonchev–Trinajstić information content (AvgIpc) is 3.19. The second kappa shape index (κ2) is 10.8. The zero-order valence-corrected chi connectivity index (χ0v) is 19.5. The first-order valence-corrected chi connectivity index (χ1v) is 12.5. The monoisotopic (exact) mass is 420 g/mol. The third kappa shape index (κ3) is 5.47. The fourth-order valence-electron chi connectivity index (χ4n) is 5.10. The van der Waals surface area contributed by atoms with E-state index in [4.69, 9.17) is 0 Å². The van der Waals surface area contributed by atoms with Gasteiger partial charge in [0.05, 0.1) is 29.4 Å². The number of anilines is 5. The van der Waals surface area contributed by atoms with Gasteiger partial charge in [-0.1, -0.05) is 57.7 Å². The van der Waals surface area contributed by atoms with Crippen molar-refractivity contribution in [1.29, 1.82) is 0 Å². The van der Waals surface area contributed by atoms with Crippen LogP contribution in [0.4, 0.5) is 28.4 Å². The molecule has 0 aromatic heterocycles. The molecule has 0 amide bonds. The van der Waals surface area contributed by atoms with Crippen molar-refractivity contribution in [2.24, 2.45) is 5.92 Å². The molecule has 0 saturated heterocycles. The lowest BCUT2D eigenvalue weighted by Gasteiger charge is -2.30. The molecule has 168 valence electrons. The Bertz CT molecular complexity index is 813. The third-order valence-electron chi connectivity index (χ3n) is 6.79. The van der Waals surface area contributed by atoms with E-state index in [9.17, 15) is 0 Å². The maximum Gasteiger partial charge on any atom is 0.0877 e. The molecule has 1 aliphatic heterocycles. The van der Waals surface area contributed by atoms with E-state index in [0.717, 1.165) is 37.8 Å². The average molecular weight is 421 g/mol. The molecule has 2 aromatic carbocycles. The Morgan fingerprint density at radius 1 is 1.00 bits per heavy atom. The van der Waals surface area contributed by atoms with Crippen LogP contribution in [-0.4, -0.2) is 26.3 Å². The zero-order chi connectivity index (χ0) is 21.5. The van der Waals surface area contributed by atoms with Crippen molar-refractivity contribution in [3.8, 4) is 0 Å². The molecule has 4 nitrogen and oxygen atoms in total. The standard InChI is InChI=1S/C27H40N4/c1-3-5-17-30(16-4-2)27-19-26-24(18-25(27)29-23-14-10-7-11-15-23)28-21-31(26)20-22-12-8-6-9-13-22/h7,10-11,14-15,18-19,22,28-29H,3-6,8-9,12-13,16-17,20-21H2,1-2H3. The molecule has 0 unspecified atom stereocenters. The molecule has 1 saturated carbocycles. The Morgan fingerprint density at radius 2 is 1.81 bits per heavy atom. The summed E-state index contributed by atoms with van der Waals surface area (Å²) in [5, 5.41) is 7.39. The van der Waals surface area contributed by atoms with Gasteiger partial charge < -0.3 is 20.4 Å². The Kier molecular flexibility index (Phi) is 7.61. The van der Waals surface area contributed by atoms with Crippen LogP contribution in [0.1, 0.15) is 65.2 Å². The lowest BCUT2D eigenvalue weighted by Crippen LogP contribution is -2.30. The van der Waals surface area contributed by atoms with Gasteiger partial charge in [0.2, 0.25) is 0 Å². The fraction of sp³-hybridized carbons (Fsp3) is 0.556. The second-order valence-corrected chi connectivity index (χ2v) is 9.28. The van der Waals surface area contributed by atoms with Gasteiger partial charge in [0.15, 0.2) is 0 Å². The van der Waals surface area contributed by atoms with Gasteiger partial charge in [0.25, 0.3) is 0 Å². The van der Waals surface area contributed by atoms with Gasteiger partial charge in [-0.2, -0.15) is 0 Å². The van der Waals surface area contributed by atoms with Crippen LogP contribution in [0, 0.1) is 5.92 Å². The quantitative estimate of drug-likeness (QED) is 0.425. The Hall–Kier alpha value is -2.36. The van der Waals surface area contributed by atoms with E-state index < -0.39 is 0 Å². The van der Waals surface area contributed by atoms with Gasteiger partial charge in [-0.15, -0.1) is 0 Å². The lowest BCUT2D eigenvalue weighted by atomic mass is 9.89. The maximum absolute atomic E-state index is 3.71. The van der Waals surface area contributed by atoms with Crippen molar-refractivity contribution < 1.29 is 0 Å². The molecule has 0 bridgehead atoms. The van der Waals surface area contributed by atoms with Gasteiger partial charge in [0.1, 0.15) is 0 Å². The van der Waals surface area contributed by atoms with Gasteiger partial charge in [-0.3, -0.25) is 0 Å². The number of para-hydroxylation sites is 1. The first kappa shape index (κ1) is 21.9. The summed E-state index contributed by atoms with van der Waals surface area (Å²) in [6, 6.07) is 15.4. The van der Waals surface area contributed by atoms with Crippen LogP contribution in [0.5, 0.6) is 0 Å². The van der Waals surface area contributed by atoms with Crippen LogP contribution in [0.15, 0.2) is 42.5 Å². The summed E-state index contributed by atoms with van der Waals surface area (Å²) in [6.45, 7) is 8.90. The van der Waals surface area contributed by atoms with Crippen LogP contribution >= 0.6 is 0 Å². The Morgan fingerprint density at radius 3 is 2.55 bits per heavy atom. The highest BCUT2D eigenvalue weighted by Crippen LogP contribution is 2.42. The summed E-state index contributed by atoms with van der Waals surface area (Å²) in [5.74, 6) is 0.846. The fourth-order valence-corrected chi connectivity index (χ4v) is 5.10. The molecule has 0 spiro atoms. The van der Waals surface area contributed by atoms with Gasteiger partial charge in [-0.05, 0) is 55.9 Å². The van der Waals surface area contributed by atoms with Crippen LogP contribution in [0.3, 0.4) is 0 Å². The molecule has 0 radical (unpaired) electrons. The first-order chi connectivity index (χ1) is 15.3. The van der Waals surface area contributed by atoms with Crippen LogP contribution in [0.2, 0.25) is 0 Å². The molecule has 2 aromatic rings. The molecular formula is C27H40N4. The molecule has 0 atom stereocenters. The SMILES string of the molecule is CCCCN(CCC)c1cc2c(cc1Nc1ccccc1)NCN2CC1CCCCC1. The van der Waals surface area contributed by atoms with Crippen LogP contribution in [-0.2, 0) is 0 Å². The largest absolute Gasteiger partial charge is 0.370 e. The van der Waals surface area contributed by atoms with E-state index in [0.29, 0.717) is 0 Å². The summed E-state index contributed by atoms with van der Waals surface area (Å²) in [6.07, 6.45) is 10.6. The van der Waals surface area contributed by atoms with Gasteiger partial charge >= 0.3 is 0 Å². The predicted octanol–water partition coefficient (Wildman–Crippen LogP) is 7.22. The number of hydrogen-bond donors (Lipinski definition) is 2. The highest BCUT2D eigenvalue weighted by atomic mass is 15.3. The molecule has 1 fully saturated rings. The van der Waals surface area contributed by atoms with Gasteiger partial charge in [-0.25, -0.2) is 0 Å². The number of nitrogens with one attached hydrogen (secondary N) is 2. The summed E-state index contributed by atoms with van der Waals surface area (Å²) in [5.41, 5.74) is 6.35. The van der Waals surface area contributed by atoms with E-state index in [-0.39, 0.29) is 0 Å². The minimum atomic E-state index is 0.846. The third-order valence-corrected chi connectivity index (χ3v) is 6.79. The minimum Gasteiger partial charge on any atom is -0.370 e. The van der Waals surface area contributed by atoms with Crippen molar-refractivity contribution in [3.63, 3.8) is 0 Å². The van der Waals surface area contributed by atoms with Gasteiger partial charge in [0, 0.05) is 25.3 Å². The number of hydrogen-bond acceptors (Lipinski definition) is 4. The molecule has 4 heteroatoms. The van der Waals surface area contributed by atoms with Crippen molar-refractivity contribution in [3.05, 3.63) is 42.5 Å². The molecular weight excluding hydrogens is 380 g/mol. The molecule has 4 rings (SSSR count). The second-order valence-electron chi connectivity index (χ2n) is 9.28. The van der Waals surface area contributed by atoms with E-state index in [1.54, 1.807) is 0 Å². The number of benzene rings is 2. The van der Waals surface area contributed by atoms with Crippen LogP contribution < -0.4 is 20.4 Å². The predicted molar refractivity (Wildman–Crippen MR) is 136 cm³/mol. The molecule has 1 heterocycles. The summed E-state index contributed by atoms with van der Waals surface area (Å²) >= 11 is 0. The zero-order valence-electron chi connectivity index (χ0n) is 19.5. The molecule has 31 heavy (non-hydrogen) atoms. The number of unbranched alkanes of at least 4 members (excludes halogenated alkanes) is 1. The van der Waals surface area contributed by atoms with Crippen molar-refractivity contribution in [2.75, 3.05) is 46.7 Å². The van der Waals surface area contributed by atoms with Crippen molar-refractivity contribution >= 4 is 28.4 Å². The van der Waals surface area contributed by atoms with Crippen LogP contribution in [0.25, 0.3) is 0 Å². The van der Waals surface area contributed by atoms with E-state index >= 15 is 0 Å². The van der Waals surface area contributed by atoms with Crippen molar-refractivity contribution in [2.45, 2.75) is 65.2 Å². The smallest absolute Gasteiger partial charge is 0.0877 e. The summed E-state index contributed by atoms with van der Waals surface area (Å²) in [4.78, 5) is 5.18. The number of fused-ring (bicyclic) bond motifs is 1. The first-order valence-electron chi connectivity index (χ1n) is 12.5. The molecule has 2 aliphatic rings. The van der Waals surface area contributed by atoms with E-state index in [1.807, 2.05) is 0 Å². The minimum absolute atomic E-state index is 0.846. The highest BCUT2D eigenvalue weighted by Gasteiger charge is 2.26. The Balaban J connectivity index is 1.64. The molecule has 1 aliphatic carbocycles. The summed E-state index contributed by atoms with van der Waals surface area (Å²) < 4.78 is 0. The van der Waals surface area contributed by atoms with E-state index in [1.165, 1.54) is 74.2 Å². The topological polar surface area (TPSA) is 30.5 Å². The summed E-state index contributed by atoms with van der Waals surface area (Å²) in [7, 11) is 0. The number of nitrogens with zero attached hydrogens (tertiary/aromatic N) is 2.